The maximum Gasteiger partial charge on any atom is 0.268 e. The number of methoxy groups -OCH3 is 1. The highest BCUT2D eigenvalue weighted by Gasteiger charge is 2.34. The summed E-state index contributed by atoms with van der Waals surface area (Å²) in [7, 11) is 1.62. The number of carbonyl (C=O) groups is 1. The Morgan fingerprint density at radius 3 is 2.71 bits per heavy atom. The molecule has 0 spiro atoms. The van der Waals surface area contributed by atoms with E-state index in [2.05, 4.69) is 13.0 Å². The van der Waals surface area contributed by atoms with Crippen LogP contribution in [0.25, 0.3) is 0 Å². The zero-order valence-corrected chi connectivity index (χ0v) is 14.4. The summed E-state index contributed by atoms with van der Waals surface area (Å²) < 4.78 is 11.2. The zero-order valence-electron chi connectivity index (χ0n) is 14.4. The van der Waals surface area contributed by atoms with Crippen LogP contribution >= 0.6 is 0 Å². The summed E-state index contributed by atoms with van der Waals surface area (Å²) in [6, 6.07) is 15.6. The molecule has 1 amide bonds. The maximum absolute atomic E-state index is 13.1. The van der Waals surface area contributed by atoms with Crippen LogP contribution < -0.4 is 14.4 Å². The van der Waals surface area contributed by atoms with Crippen molar-refractivity contribution in [3.05, 3.63) is 54.1 Å². The minimum Gasteiger partial charge on any atom is -0.497 e. The van der Waals surface area contributed by atoms with E-state index in [1.54, 1.807) is 13.2 Å². The van der Waals surface area contributed by atoms with Crippen LogP contribution in [0.5, 0.6) is 11.5 Å². The Labute approximate surface area is 143 Å². The van der Waals surface area contributed by atoms with E-state index in [9.17, 15) is 4.79 Å². The van der Waals surface area contributed by atoms with E-state index in [1.807, 2.05) is 48.2 Å². The minimum absolute atomic E-state index is 0.0118. The molecule has 0 saturated carbocycles. The van der Waals surface area contributed by atoms with Crippen LogP contribution in [-0.2, 0) is 11.2 Å². The van der Waals surface area contributed by atoms with Gasteiger partial charge >= 0.3 is 0 Å². The molecule has 2 aromatic rings. The molecule has 0 radical (unpaired) electrons. The lowest BCUT2D eigenvalue weighted by Crippen LogP contribution is -2.44. The molecule has 2 aromatic carbocycles. The SMILES string of the molecule is CC[C@H](Oc1cccc(OC)c1)C(=O)N1c2ccccc2C[C@@H]1C. The number of hydrogen-bond acceptors (Lipinski definition) is 3. The van der Waals surface area contributed by atoms with Gasteiger partial charge < -0.3 is 14.4 Å². The fraction of sp³-hybridized carbons (Fsp3) is 0.350. The smallest absolute Gasteiger partial charge is 0.268 e. The van der Waals surface area contributed by atoms with Crippen molar-refractivity contribution in [3.8, 4) is 11.5 Å². The highest BCUT2D eigenvalue weighted by Crippen LogP contribution is 2.33. The molecule has 126 valence electrons. The Morgan fingerprint density at radius 2 is 1.96 bits per heavy atom. The molecule has 0 aromatic heterocycles. The molecule has 3 rings (SSSR count). The Morgan fingerprint density at radius 1 is 1.21 bits per heavy atom. The van der Waals surface area contributed by atoms with Gasteiger partial charge in [-0.3, -0.25) is 4.79 Å². The summed E-state index contributed by atoms with van der Waals surface area (Å²) in [4.78, 5) is 15.0. The number of ether oxygens (including phenoxy) is 2. The first kappa shape index (κ1) is 16.4. The lowest BCUT2D eigenvalue weighted by molar-refractivity contribution is -0.125. The first-order valence-electron chi connectivity index (χ1n) is 8.35. The molecule has 1 aliphatic rings. The van der Waals surface area contributed by atoms with Gasteiger partial charge in [0.25, 0.3) is 5.91 Å². The van der Waals surface area contributed by atoms with E-state index in [0.29, 0.717) is 12.2 Å². The third-order valence-corrected chi connectivity index (χ3v) is 4.41. The highest BCUT2D eigenvalue weighted by atomic mass is 16.5. The van der Waals surface area contributed by atoms with Gasteiger partial charge in [-0.05, 0) is 43.5 Å². The molecule has 4 nitrogen and oxygen atoms in total. The monoisotopic (exact) mass is 325 g/mol. The molecule has 0 aliphatic carbocycles. The quantitative estimate of drug-likeness (QED) is 0.838. The predicted molar refractivity (Wildman–Crippen MR) is 94.8 cm³/mol. The van der Waals surface area contributed by atoms with E-state index in [1.165, 1.54) is 5.56 Å². The van der Waals surface area contributed by atoms with Gasteiger partial charge in [0.1, 0.15) is 11.5 Å². The summed E-state index contributed by atoms with van der Waals surface area (Å²) in [6.07, 6.45) is 0.990. The fourth-order valence-corrected chi connectivity index (χ4v) is 3.20. The van der Waals surface area contributed by atoms with Gasteiger partial charge in [0, 0.05) is 17.8 Å². The van der Waals surface area contributed by atoms with Crippen LogP contribution in [0.15, 0.2) is 48.5 Å². The average Bonchev–Trinajstić information content (AvgIpc) is 2.95. The third kappa shape index (κ3) is 3.09. The number of para-hydroxylation sites is 1. The van der Waals surface area contributed by atoms with Crippen molar-refractivity contribution in [2.45, 2.75) is 38.8 Å². The standard InChI is InChI=1S/C20H23NO3/c1-4-19(24-17-10-7-9-16(13-17)23-3)20(22)21-14(2)12-15-8-5-6-11-18(15)21/h5-11,13-14,19H,4,12H2,1-3H3/t14-,19-/m0/s1. The number of rotatable bonds is 5. The van der Waals surface area contributed by atoms with Gasteiger partial charge in [0.05, 0.1) is 7.11 Å². The summed E-state index contributed by atoms with van der Waals surface area (Å²) in [5.74, 6) is 1.38. The van der Waals surface area contributed by atoms with Crippen LogP contribution in [0.3, 0.4) is 0 Å². The van der Waals surface area contributed by atoms with Gasteiger partial charge in [-0.15, -0.1) is 0 Å². The second kappa shape index (κ2) is 6.95. The van der Waals surface area contributed by atoms with Crippen molar-refractivity contribution < 1.29 is 14.3 Å². The maximum atomic E-state index is 13.1. The molecular weight excluding hydrogens is 302 g/mol. The van der Waals surface area contributed by atoms with Crippen molar-refractivity contribution in [2.24, 2.45) is 0 Å². The van der Waals surface area contributed by atoms with Crippen molar-refractivity contribution in [3.63, 3.8) is 0 Å². The molecule has 1 heterocycles. The fourth-order valence-electron chi connectivity index (χ4n) is 3.20. The van der Waals surface area contributed by atoms with Crippen molar-refractivity contribution >= 4 is 11.6 Å². The minimum atomic E-state index is -0.509. The van der Waals surface area contributed by atoms with Crippen LogP contribution in [0.4, 0.5) is 5.69 Å². The number of hydrogen-bond donors (Lipinski definition) is 0. The topological polar surface area (TPSA) is 38.8 Å². The predicted octanol–water partition coefficient (Wildman–Crippen LogP) is 3.83. The van der Waals surface area contributed by atoms with Crippen molar-refractivity contribution in [1.82, 2.24) is 0 Å². The van der Waals surface area contributed by atoms with Gasteiger partial charge in [0.15, 0.2) is 6.10 Å². The van der Waals surface area contributed by atoms with E-state index >= 15 is 0 Å². The number of amides is 1. The van der Waals surface area contributed by atoms with Gasteiger partial charge in [-0.2, -0.15) is 0 Å². The molecule has 0 saturated heterocycles. The van der Waals surface area contributed by atoms with E-state index in [0.717, 1.165) is 17.9 Å². The van der Waals surface area contributed by atoms with E-state index in [4.69, 9.17) is 9.47 Å². The van der Waals surface area contributed by atoms with Crippen LogP contribution in [0.1, 0.15) is 25.8 Å². The molecule has 0 bridgehead atoms. The highest BCUT2D eigenvalue weighted by molar-refractivity contribution is 5.99. The van der Waals surface area contributed by atoms with Gasteiger partial charge in [0.2, 0.25) is 0 Å². The second-order valence-electron chi connectivity index (χ2n) is 6.08. The molecule has 0 N–H and O–H groups in total. The summed E-state index contributed by atoms with van der Waals surface area (Å²) in [5.41, 5.74) is 2.22. The second-order valence-corrected chi connectivity index (χ2v) is 6.08. The number of benzene rings is 2. The van der Waals surface area contributed by atoms with Crippen LogP contribution in [0.2, 0.25) is 0 Å². The van der Waals surface area contributed by atoms with Crippen molar-refractivity contribution in [1.29, 1.82) is 0 Å². The Hall–Kier alpha value is -2.49. The molecule has 0 fully saturated rings. The largest absolute Gasteiger partial charge is 0.497 e. The lowest BCUT2D eigenvalue weighted by Gasteiger charge is -2.27. The number of nitrogens with zero attached hydrogens (tertiary/aromatic N) is 1. The summed E-state index contributed by atoms with van der Waals surface area (Å²) in [6.45, 7) is 4.05. The zero-order chi connectivity index (χ0) is 17.1. The first-order chi connectivity index (χ1) is 11.6. The molecule has 4 heteroatoms. The van der Waals surface area contributed by atoms with E-state index < -0.39 is 6.10 Å². The normalized spacial score (nSPS) is 17.3. The molecule has 2 atom stereocenters. The lowest BCUT2D eigenvalue weighted by atomic mass is 10.1. The van der Waals surface area contributed by atoms with E-state index in [-0.39, 0.29) is 11.9 Å². The van der Waals surface area contributed by atoms with Gasteiger partial charge in [-0.25, -0.2) is 0 Å². The summed E-state index contributed by atoms with van der Waals surface area (Å²) in [5, 5.41) is 0. The van der Waals surface area contributed by atoms with Crippen molar-refractivity contribution in [2.75, 3.05) is 12.0 Å². The number of anilines is 1. The Kier molecular flexibility index (Phi) is 4.74. The molecule has 24 heavy (non-hydrogen) atoms. The first-order valence-corrected chi connectivity index (χ1v) is 8.35. The van der Waals surface area contributed by atoms with Crippen LogP contribution in [0, 0.1) is 0 Å². The third-order valence-electron chi connectivity index (χ3n) is 4.41. The van der Waals surface area contributed by atoms with Gasteiger partial charge in [-0.1, -0.05) is 31.2 Å². The van der Waals surface area contributed by atoms with Crippen LogP contribution in [-0.4, -0.2) is 25.2 Å². The Bertz CT molecular complexity index is 728. The number of fused-ring (bicyclic) bond motifs is 1. The number of carbonyl (C=O) groups excluding carboxylic acids is 1. The summed E-state index contributed by atoms with van der Waals surface area (Å²) >= 11 is 0. The Balaban J connectivity index is 1.82. The average molecular weight is 325 g/mol. The molecule has 0 unspecified atom stereocenters. The molecule has 1 aliphatic heterocycles. The molecular formula is C20H23NO3.